The maximum absolute atomic E-state index is 6.02. The molecule has 0 unspecified atom stereocenters. The maximum atomic E-state index is 6.02. The molecule has 31 heavy (non-hydrogen) atoms. The first-order valence-electron chi connectivity index (χ1n) is 10.1. The molecule has 2 aromatic carbocycles. The predicted octanol–water partition coefficient (Wildman–Crippen LogP) is 4.47. The fourth-order valence-corrected chi connectivity index (χ4v) is 3.92. The molecule has 156 valence electrons. The van der Waals surface area contributed by atoms with Crippen LogP contribution in [0.25, 0.3) is 34.1 Å². The number of amidine groups is 2. The third kappa shape index (κ3) is 3.70. The van der Waals surface area contributed by atoms with Crippen molar-refractivity contribution in [3.63, 3.8) is 0 Å². The minimum absolute atomic E-state index is 0. The second-order valence-corrected chi connectivity index (χ2v) is 7.45. The number of nitrogens with zero attached hydrogens (tertiary/aromatic N) is 2. The molecule has 2 aromatic heterocycles. The Labute approximate surface area is 185 Å². The Kier molecular flexibility index (Phi) is 5.00. The van der Waals surface area contributed by atoms with Gasteiger partial charge in [0.05, 0.1) is 13.1 Å². The van der Waals surface area contributed by atoms with E-state index in [4.69, 9.17) is 8.83 Å². The highest BCUT2D eigenvalue weighted by Crippen LogP contribution is 2.25. The Morgan fingerprint density at radius 2 is 1.29 bits per heavy atom. The van der Waals surface area contributed by atoms with Crippen LogP contribution < -0.4 is 10.6 Å². The fourth-order valence-electron chi connectivity index (χ4n) is 3.92. The first kappa shape index (κ1) is 19.5. The number of nitrogens with one attached hydrogen (secondary N) is 2. The summed E-state index contributed by atoms with van der Waals surface area (Å²) in [6.45, 7) is 3.44. The summed E-state index contributed by atoms with van der Waals surface area (Å²) >= 11 is 0. The third-order valence-electron chi connectivity index (χ3n) is 5.38. The van der Waals surface area contributed by atoms with E-state index in [1.165, 1.54) is 0 Å². The lowest BCUT2D eigenvalue weighted by atomic mass is 10.1. The molecule has 7 heteroatoms. The van der Waals surface area contributed by atoms with E-state index in [9.17, 15) is 0 Å². The Morgan fingerprint density at radius 3 is 1.97 bits per heavy atom. The molecule has 6 nitrogen and oxygen atoms in total. The zero-order valence-corrected chi connectivity index (χ0v) is 17.5. The van der Waals surface area contributed by atoms with Crippen molar-refractivity contribution in [2.75, 3.05) is 26.2 Å². The van der Waals surface area contributed by atoms with Crippen molar-refractivity contribution in [3.8, 4) is 0 Å². The summed E-state index contributed by atoms with van der Waals surface area (Å²) < 4.78 is 12.0. The molecule has 0 saturated heterocycles. The molecule has 4 aromatic rings. The summed E-state index contributed by atoms with van der Waals surface area (Å²) in [7, 11) is 0. The van der Waals surface area contributed by atoms with Gasteiger partial charge in [-0.05, 0) is 48.6 Å². The predicted molar refractivity (Wildman–Crippen MR) is 127 cm³/mol. The molecule has 2 N–H and O–H groups in total. The van der Waals surface area contributed by atoms with Crippen LogP contribution in [0.5, 0.6) is 0 Å². The Hall–Kier alpha value is -3.51. The molecule has 0 aliphatic carbocycles. The van der Waals surface area contributed by atoms with Crippen LogP contribution in [0.3, 0.4) is 0 Å². The zero-order valence-electron chi connectivity index (χ0n) is 16.7. The van der Waals surface area contributed by atoms with Gasteiger partial charge in [0.1, 0.15) is 34.4 Å². The van der Waals surface area contributed by atoms with Crippen molar-refractivity contribution >= 4 is 58.2 Å². The van der Waals surface area contributed by atoms with Crippen molar-refractivity contribution < 1.29 is 8.83 Å². The van der Waals surface area contributed by atoms with E-state index in [0.717, 1.165) is 82.4 Å². The smallest absolute Gasteiger partial charge is 0.135 e. The van der Waals surface area contributed by atoms with E-state index in [1.807, 2.05) is 42.5 Å². The van der Waals surface area contributed by atoms with Crippen LogP contribution in [-0.4, -0.2) is 37.9 Å². The van der Waals surface area contributed by atoms with Crippen LogP contribution in [0.2, 0.25) is 0 Å². The van der Waals surface area contributed by atoms with Gasteiger partial charge in [-0.25, -0.2) is 0 Å². The van der Waals surface area contributed by atoms with Crippen molar-refractivity contribution in [1.29, 1.82) is 0 Å². The van der Waals surface area contributed by atoms with E-state index < -0.39 is 0 Å². The molecule has 2 aliphatic heterocycles. The minimum Gasteiger partial charge on any atom is -0.457 e. The van der Waals surface area contributed by atoms with Crippen LogP contribution in [0, 0.1) is 0 Å². The van der Waals surface area contributed by atoms with Gasteiger partial charge >= 0.3 is 0 Å². The van der Waals surface area contributed by atoms with Gasteiger partial charge in [0.25, 0.3) is 0 Å². The van der Waals surface area contributed by atoms with Crippen molar-refractivity contribution in [2.45, 2.75) is 0 Å². The summed E-state index contributed by atoms with van der Waals surface area (Å²) in [4.78, 5) is 8.96. The van der Waals surface area contributed by atoms with Crippen molar-refractivity contribution in [1.82, 2.24) is 10.6 Å². The number of fused-ring (bicyclic) bond motifs is 2. The molecule has 4 heterocycles. The van der Waals surface area contributed by atoms with Gasteiger partial charge in [0, 0.05) is 35.0 Å². The van der Waals surface area contributed by atoms with Crippen molar-refractivity contribution in [2.24, 2.45) is 9.98 Å². The van der Waals surface area contributed by atoms with Crippen LogP contribution in [0.4, 0.5) is 0 Å². The van der Waals surface area contributed by atoms with Crippen LogP contribution in [-0.2, 0) is 0 Å². The van der Waals surface area contributed by atoms with E-state index in [0.29, 0.717) is 0 Å². The number of halogens is 1. The lowest BCUT2D eigenvalue weighted by Gasteiger charge is -2.01. The van der Waals surface area contributed by atoms with Crippen molar-refractivity contribution in [3.05, 3.63) is 71.2 Å². The normalized spacial score (nSPS) is 15.7. The largest absolute Gasteiger partial charge is 0.457 e. The van der Waals surface area contributed by atoms with E-state index in [1.54, 1.807) is 0 Å². The van der Waals surface area contributed by atoms with E-state index in [2.05, 4.69) is 38.8 Å². The number of aliphatic imine (C=N–C) groups is 2. The molecule has 0 atom stereocenters. The molecule has 0 bridgehead atoms. The molecular weight excluding hydrogens is 412 g/mol. The maximum Gasteiger partial charge on any atom is 0.135 e. The molecule has 2 aliphatic rings. The highest BCUT2D eigenvalue weighted by molar-refractivity contribution is 6.03. The molecule has 0 amide bonds. The second kappa shape index (κ2) is 7.96. The van der Waals surface area contributed by atoms with Gasteiger partial charge in [-0.15, -0.1) is 12.4 Å². The molecule has 0 spiro atoms. The fraction of sp³-hybridized carbons (Fsp3) is 0.167. The third-order valence-corrected chi connectivity index (χ3v) is 5.38. The quantitative estimate of drug-likeness (QED) is 0.499. The number of hydrogen-bond donors (Lipinski definition) is 2. The molecule has 0 saturated carbocycles. The number of rotatable bonds is 4. The van der Waals surface area contributed by atoms with Gasteiger partial charge in [-0.3, -0.25) is 9.98 Å². The zero-order chi connectivity index (χ0) is 19.9. The van der Waals surface area contributed by atoms with E-state index >= 15 is 0 Å². The topological polar surface area (TPSA) is 75.1 Å². The van der Waals surface area contributed by atoms with Gasteiger partial charge in [0.2, 0.25) is 0 Å². The standard InChI is InChI=1S/C24H20N4O2.ClH/c1-2-17(24-27-9-10-28-24)14-22-15(1)12-19(30-22)4-5-20-13-18-11-16(3-6-21(18)29-20)23-25-7-8-26-23;/h1-6,11-14H,7-10H2,(H,25,26)(H,27,28);1H/b5-4+;. The number of benzene rings is 2. The average molecular weight is 433 g/mol. The first-order chi connectivity index (χ1) is 14.8. The Bertz CT molecular complexity index is 1260. The SMILES string of the molecule is C(=C\c1cc2ccc(C3=NCCN3)cc2o1)/c1cc2cc(C3=NCCN3)ccc2o1.Cl. The molecule has 0 radical (unpaired) electrons. The Balaban J connectivity index is 0.00000204. The first-order valence-corrected chi connectivity index (χ1v) is 10.1. The average Bonchev–Trinajstić information content (AvgIpc) is 3.56. The lowest BCUT2D eigenvalue weighted by Crippen LogP contribution is -2.19. The van der Waals surface area contributed by atoms with Gasteiger partial charge in [-0.1, -0.05) is 12.1 Å². The molecule has 6 rings (SSSR count). The van der Waals surface area contributed by atoms with Crippen LogP contribution in [0.1, 0.15) is 22.6 Å². The van der Waals surface area contributed by atoms with E-state index in [-0.39, 0.29) is 12.4 Å². The minimum atomic E-state index is 0. The lowest BCUT2D eigenvalue weighted by molar-refractivity contribution is 0.599. The van der Waals surface area contributed by atoms with Crippen LogP contribution in [0.15, 0.2) is 67.4 Å². The number of furan rings is 2. The Morgan fingerprint density at radius 1 is 0.677 bits per heavy atom. The van der Waals surface area contributed by atoms with Gasteiger partial charge in [0.15, 0.2) is 0 Å². The summed E-state index contributed by atoms with van der Waals surface area (Å²) in [6.07, 6.45) is 3.87. The van der Waals surface area contributed by atoms with Crippen LogP contribution >= 0.6 is 12.4 Å². The summed E-state index contributed by atoms with van der Waals surface area (Å²) in [5.74, 6) is 3.46. The highest BCUT2D eigenvalue weighted by Gasteiger charge is 2.12. The van der Waals surface area contributed by atoms with Gasteiger partial charge in [-0.2, -0.15) is 0 Å². The highest BCUT2D eigenvalue weighted by atomic mass is 35.5. The molecule has 0 fully saturated rings. The monoisotopic (exact) mass is 432 g/mol. The summed E-state index contributed by atoms with van der Waals surface area (Å²) in [5, 5.41) is 8.73. The summed E-state index contributed by atoms with van der Waals surface area (Å²) in [6, 6.07) is 16.4. The summed E-state index contributed by atoms with van der Waals surface area (Å²) in [5.41, 5.74) is 3.85. The molecular formula is C24H21ClN4O2. The van der Waals surface area contributed by atoms with Gasteiger partial charge < -0.3 is 19.5 Å². The number of hydrogen-bond acceptors (Lipinski definition) is 6. The second-order valence-electron chi connectivity index (χ2n) is 7.45.